The molecule has 1 aromatic carbocycles. The van der Waals surface area contributed by atoms with Crippen LogP contribution in [0.1, 0.15) is 23.7 Å². The molecular formula is C15H17N3O3S2. The van der Waals surface area contributed by atoms with Crippen LogP contribution in [0.4, 0.5) is 0 Å². The smallest absolute Gasteiger partial charge is 0.262 e. The molecule has 2 aromatic rings. The first kappa shape index (κ1) is 16.1. The maximum atomic E-state index is 12.3. The van der Waals surface area contributed by atoms with E-state index in [0.29, 0.717) is 39.3 Å². The summed E-state index contributed by atoms with van der Waals surface area (Å²) in [5, 5.41) is 3.39. The summed E-state index contributed by atoms with van der Waals surface area (Å²) in [7, 11) is -0.837. The molecule has 8 heteroatoms. The van der Waals surface area contributed by atoms with Crippen molar-refractivity contribution in [2.45, 2.75) is 25.9 Å². The molecule has 0 spiro atoms. The zero-order valence-electron chi connectivity index (χ0n) is 12.6. The van der Waals surface area contributed by atoms with E-state index in [1.807, 2.05) is 6.92 Å². The number of carbonyl (C=O) groups excluding carboxylic acids is 1. The van der Waals surface area contributed by atoms with Crippen LogP contribution in [0, 0.1) is 4.77 Å². The SMILES string of the molecule is CCn1c(=S)[nH]c2cc(C(=O)N[C@H]3CC[S@@](=O)C3)ccc2c1=O. The van der Waals surface area contributed by atoms with Gasteiger partial charge in [-0.2, -0.15) is 0 Å². The van der Waals surface area contributed by atoms with E-state index in [-0.39, 0.29) is 17.5 Å². The fourth-order valence-electron chi connectivity index (χ4n) is 2.73. The third-order valence-corrected chi connectivity index (χ3v) is 5.76. The highest BCUT2D eigenvalue weighted by molar-refractivity contribution is 7.85. The lowest BCUT2D eigenvalue weighted by atomic mass is 10.1. The lowest BCUT2D eigenvalue weighted by Crippen LogP contribution is -2.35. The fraction of sp³-hybridized carbons (Fsp3) is 0.400. The zero-order valence-corrected chi connectivity index (χ0v) is 14.3. The van der Waals surface area contributed by atoms with Crippen LogP contribution in [-0.4, -0.2) is 37.2 Å². The third kappa shape index (κ3) is 3.13. The monoisotopic (exact) mass is 351 g/mol. The van der Waals surface area contributed by atoms with Crippen LogP contribution < -0.4 is 10.9 Å². The predicted octanol–water partition coefficient (Wildman–Crippen LogP) is 1.33. The number of benzene rings is 1. The minimum absolute atomic E-state index is 0.0504. The van der Waals surface area contributed by atoms with Crippen molar-refractivity contribution in [1.82, 2.24) is 14.9 Å². The molecule has 6 nitrogen and oxygen atoms in total. The molecule has 1 fully saturated rings. The Balaban J connectivity index is 1.94. The van der Waals surface area contributed by atoms with Gasteiger partial charge in [0.05, 0.1) is 10.9 Å². The number of carbonyl (C=O) groups is 1. The third-order valence-electron chi connectivity index (χ3n) is 3.98. The first-order valence-electron chi connectivity index (χ1n) is 7.42. The lowest BCUT2D eigenvalue weighted by molar-refractivity contribution is 0.0941. The molecule has 2 atom stereocenters. The zero-order chi connectivity index (χ0) is 16.6. The van der Waals surface area contributed by atoms with Gasteiger partial charge in [-0.1, -0.05) is 0 Å². The molecule has 0 radical (unpaired) electrons. The van der Waals surface area contributed by atoms with E-state index in [4.69, 9.17) is 12.2 Å². The number of aromatic nitrogens is 2. The summed E-state index contributed by atoms with van der Waals surface area (Å²) in [4.78, 5) is 27.6. The van der Waals surface area contributed by atoms with Crippen LogP contribution in [0.25, 0.3) is 10.9 Å². The number of rotatable bonds is 3. The Labute approximate surface area is 140 Å². The van der Waals surface area contributed by atoms with Crippen LogP contribution in [0.5, 0.6) is 0 Å². The first-order valence-corrected chi connectivity index (χ1v) is 9.32. The number of hydrogen-bond acceptors (Lipinski definition) is 4. The van der Waals surface area contributed by atoms with Gasteiger partial charge in [-0.05, 0) is 43.8 Å². The van der Waals surface area contributed by atoms with E-state index in [2.05, 4.69) is 10.3 Å². The number of amides is 1. The van der Waals surface area contributed by atoms with E-state index in [1.165, 1.54) is 4.57 Å². The van der Waals surface area contributed by atoms with Gasteiger partial charge in [0.2, 0.25) is 0 Å². The normalized spacial score (nSPS) is 20.7. The van der Waals surface area contributed by atoms with Gasteiger partial charge in [-0.15, -0.1) is 0 Å². The summed E-state index contributed by atoms with van der Waals surface area (Å²) in [6.45, 7) is 2.34. The molecule has 1 aromatic heterocycles. The molecule has 1 saturated heterocycles. The average Bonchev–Trinajstić information content (AvgIpc) is 2.92. The Morgan fingerprint density at radius 3 is 2.96 bits per heavy atom. The second kappa shape index (κ2) is 6.37. The molecule has 122 valence electrons. The van der Waals surface area contributed by atoms with Crippen molar-refractivity contribution >= 4 is 39.8 Å². The predicted molar refractivity (Wildman–Crippen MR) is 92.8 cm³/mol. The number of nitrogens with zero attached hydrogens (tertiary/aromatic N) is 1. The first-order chi connectivity index (χ1) is 11.0. The quantitative estimate of drug-likeness (QED) is 0.817. The molecule has 1 amide bonds. The van der Waals surface area contributed by atoms with Gasteiger partial charge < -0.3 is 10.3 Å². The van der Waals surface area contributed by atoms with E-state index in [0.717, 1.165) is 6.42 Å². The minimum atomic E-state index is -0.837. The van der Waals surface area contributed by atoms with E-state index in [9.17, 15) is 13.8 Å². The number of fused-ring (bicyclic) bond motifs is 1. The lowest BCUT2D eigenvalue weighted by Gasteiger charge is -2.11. The fourth-order valence-corrected chi connectivity index (χ4v) is 4.47. The summed E-state index contributed by atoms with van der Waals surface area (Å²) in [5.41, 5.74) is 0.839. The van der Waals surface area contributed by atoms with Crippen molar-refractivity contribution < 1.29 is 9.00 Å². The van der Waals surface area contributed by atoms with Crippen LogP contribution in [-0.2, 0) is 17.3 Å². The molecule has 0 aliphatic carbocycles. The van der Waals surface area contributed by atoms with Gasteiger partial charge >= 0.3 is 0 Å². The van der Waals surface area contributed by atoms with Crippen molar-refractivity contribution in [1.29, 1.82) is 0 Å². The van der Waals surface area contributed by atoms with E-state index in [1.54, 1.807) is 18.2 Å². The van der Waals surface area contributed by atoms with Gasteiger partial charge in [0, 0.05) is 40.5 Å². The van der Waals surface area contributed by atoms with E-state index < -0.39 is 10.8 Å². The largest absolute Gasteiger partial charge is 0.348 e. The second-order valence-corrected chi connectivity index (χ2v) is 7.52. The highest BCUT2D eigenvalue weighted by atomic mass is 32.2. The highest BCUT2D eigenvalue weighted by Gasteiger charge is 2.23. The summed E-state index contributed by atoms with van der Waals surface area (Å²) in [6, 6.07) is 4.84. The van der Waals surface area contributed by atoms with E-state index >= 15 is 0 Å². The van der Waals surface area contributed by atoms with Crippen molar-refractivity contribution in [3.05, 3.63) is 38.9 Å². The second-order valence-electron chi connectivity index (χ2n) is 5.51. The summed E-state index contributed by atoms with van der Waals surface area (Å²) < 4.78 is 13.2. The topological polar surface area (TPSA) is 84.0 Å². The van der Waals surface area contributed by atoms with Gasteiger partial charge in [0.1, 0.15) is 0 Å². The van der Waals surface area contributed by atoms with Gasteiger partial charge in [-0.25, -0.2) is 0 Å². The molecule has 0 unspecified atom stereocenters. The maximum Gasteiger partial charge on any atom is 0.262 e. The highest BCUT2D eigenvalue weighted by Crippen LogP contribution is 2.13. The molecule has 2 N–H and O–H groups in total. The Hall–Kier alpha value is -1.80. The molecule has 23 heavy (non-hydrogen) atoms. The minimum Gasteiger partial charge on any atom is -0.348 e. The Morgan fingerprint density at radius 1 is 1.52 bits per heavy atom. The molecule has 2 heterocycles. The number of aromatic amines is 1. The molecular weight excluding hydrogens is 334 g/mol. The Bertz CT molecular complexity index is 916. The molecule has 1 aliphatic rings. The van der Waals surface area contributed by atoms with Crippen LogP contribution in [0.2, 0.25) is 0 Å². The van der Waals surface area contributed by atoms with Crippen molar-refractivity contribution in [3.8, 4) is 0 Å². The standard InChI is InChI=1S/C15H17N3O3S2/c1-2-18-14(20)11-4-3-9(7-12(11)17-15(18)22)13(19)16-10-5-6-23(21)8-10/h3-4,7,10H,2,5-6,8H2,1H3,(H,16,19)(H,17,22)/t10-,23+/m0/s1. The number of hydrogen-bond donors (Lipinski definition) is 2. The van der Waals surface area contributed by atoms with Gasteiger partial charge in [0.15, 0.2) is 4.77 Å². The Kier molecular flexibility index (Phi) is 4.45. The maximum absolute atomic E-state index is 12.3. The number of nitrogens with one attached hydrogen (secondary N) is 2. The summed E-state index contributed by atoms with van der Waals surface area (Å²) in [6.07, 6.45) is 0.732. The van der Waals surface area contributed by atoms with Crippen molar-refractivity contribution in [3.63, 3.8) is 0 Å². The average molecular weight is 351 g/mol. The van der Waals surface area contributed by atoms with Crippen molar-refractivity contribution in [2.75, 3.05) is 11.5 Å². The molecule has 0 bridgehead atoms. The molecule has 1 aliphatic heterocycles. The van der Waals surface area contributed by atoms with Crippen molar-refractivity contribution in [2.24, 2.45) is 0 Å². The van der Waals surface area contributed by atoms with Crippen LogP contribution in [0.3, 0.4) is 0 Å². The van der Waals surface area contributed by atoms with Gasteiger partial charge in [0.25, 0.3) is 11.5 Å². The van der Waals surface area contributed by atoms with Gasteiger partial charge in [-0.3, -0.25) is 18.4 Å². The molecule has 0 saturated carbocycles. The van der Waals surface area contributed by atoms with Crippen LogP contribution >= 0.6 is 12.2 Å². The van der Waals surface area contributed by atoms with Crippen LogP contribution in [0.15, 0.2) is 23.0 Å². The summed E-state index contributed by atoms with van der Waals surface area (Å²) >= 11 is 5.18. The summed E-state index contributed by atoms with van der Waals surface area (Å²) in [5.74, 6) is 0.907. The molecule has 3 rings (SSSR count). The number of H-pyrrole nitrogens is 1. The Morgan fingerprint density at radius 2 is 2.30 bits per heavy atom.